The standard InChI is InChI=1S/C23H38O7.C6H10/c1-20(2,3)27-29-22(7,8)13-14-23(9,30-28-21(4,5)6)16-17-11-10-12-18(15-17)19(24)26-25;1-3-5-6-4-2/h10-12,15,25H,13-14,16H2,1-9H3;1H,4-6H2,2H3. The van der Waals surface area contributed by atoms with Crippen LogP contribution < -0.4 is 0 Å². The summed E-state index contributed by atoms with van der Waals surface area (Å²) in [6, 6.07) is 6.86. The van der Waals surface area contributed by atoms with Crippen molar-refractivity contribution in [2.24, 2.45) is 0 Å². The molecule has 1 aromatic carbocycles. The summed E-state index contributed by atoms with van der Waals surface area (Å²) < 4.78 is 0. The number of unbranched alkanes of at least 4 members (excludes halogenated alkanes) is 2. The summed E-state index contributed by atoms with van der Waals surface area (Å²) in [5.41, 5.74) is -1.02. The van der Waals surface area contributed by atoms with E-state index < -0.39 is 28.4 Å². The number of carbonyl (C=O) groups is 1. The van der Waals surface area contributed by atoms with Gasteiger partial charge in [-0.25, -0.2) is 24.3 Å². The first kappa shape index (κ1) is 34.0. The van der Waals surface area contributed by atoms with E-state index in [2.05, 4.69) is 17.7 Å². The molecule has 0 aliphatic carbocycles. The third kappa shape index (κ3) is 16.7. The van der Waals surface area contributed by atoms with Gasteiger partial charge >= 0.3 is 5.97 Å². The zero-order valence-corrected chi connectivity index (χ0v) is 24.0. The van der Waals surface area contributed by atoms with Gasteiger partial charge in [0, 0.05) is 12.8 Å². The summed E-state index contributed by atoms with van der Waals surface area (Å²) >= 11 is 0. The molecule has 0 amide bonds. The molecular formula is C29H48O7. The summed E-state index contributed by atoms with van der Waals surface area (Å²) in [5.74, 6) is 1.76. The van der Waals surface area contributed by atoms with Crippen LogP contribution in [0.4, 0.5) is 0 Å². The van der Waals surface area contributed by atoms with E-state index in [4.69, 9.17) is 31.2 Å². The molecule has 0 radical (unpaired) electrons. The van der Waals surface area contributed by atoms with Crippen LogP contribution in [0.2, 0.25) is 0 Å². The highest BCUT2D eigenvalue weighted by Crippen LogP contribution is 2.31. The highest BCUT2D eigenvalue weighted by Gasteiger charge is 2.34. The zero-order chi connectivity index (χ0) is 28.0. The lowest BCUT2D eigenvalue weighted by Crippen LogP contribution is -2.39. The lowest BCUT2D eigenvalue weighted by atomic mass is 9.87. The van der Waals surface area contributed by atoms with Gasteiger partial charge in [0.05, 0.1) is 22.4 Å². The molecule has 36 heavy (non-hydrogen) atoms. The zero-order valence-electron chi connectivity index (χ0n) is 24.0. The monoisotopic (exact) mass is 508 g/mol. The first-order valence-corrected chi connectivity index (χ1v) is 12.6. The molecule has 1 atom stereocenters. The van der Waals surface area contributed by atoms with Gasteiger partial charge in [0.2, 0.25) is 0 Å². The second-order valence-corrected chi connectivity index (χ2v) is 11.8. The van der Waals surface area contributed by atoms with Gasteiger partial charge in [-0.3, -0.25) is 4.89 Å². The molecular weight excluding hydrogens is 460 g/mol. The quantitative estimate of drug-likeness (QED) is 0.136. The molecule has 1 unspecified atom stereocenters. The fourth-order valence-corrected chi connectivity index (χ4v) is 2.80. The van der Waals surface area contributed by atoms with Crippen LogP contribution in [-0.4, -0.2) is 33.6 Å². The van der Waals surface area contributed by atoms with Crippen LogP contribution in [0.3, 0.4) is 0 Å². The molecule has 0 heterocycles. The average Bonchev–Trinajstić information content (AvgIpc) is 2.78. The Balaban J connectivity index is 0.00000181. The predicted molar refractivity (Wildman–Crippen MR) is 142 cm³/mol. The normalized spacial score (nSPS) is 13.7. The van der Waals surface area contributed by atoms with Crippen LogP contribution in [0, 0.1) is 12.3 Å². The Bertz CT molecular complexity index is 812. The Morgan fingerprint density at radius 3 is 1.97 bits per heavy atom. The summed E-state index contributed by atoms with van der Waals surface area (Å²) in [5, 5.41) is 8.65. The van der Waals surface area contributed by atoms with Gasteiger partial charge in [-0.15, -0.1) is 12.3 Å². The molecule has 7 heteroatoms. The van der Waals surface area contributed by atoms with E-state index in [9.17, 15) is 4.79 Å². The summed E-state index contributed by atoms with van der Waals surface area (Å²) in [4.78, 5) is 38.2. The fraction of sp³-hybridized carbons (Fsp3) is 0.690. The van der Waals surface area contributed by atoms with E-state index in [0.29, 0.717) is 19.3 Å². The molecule has 7 nitrogen and oxygen atoms in total. The van der Waals surface area contributed by atoms with Gasteiger partial charge < -0.3 is 0 Å². The Hall–Kier alpha value is -1.95. The van der Waals surface area contributed by atoms with Crippen molar-refractivity contribution in [3.05, 3.63) is 35.4 Å². The largest absolute Gasteiger partial charge is 0.372 e. The SMILES string of the molecule is C#CCCCC.CC(C)(C)OOC(C)(C)CCC(C)(Cc1cccc(C(=O)OO)c1)OOC(C)(C)C. The Kier molecular flexibility index (Phi) is 14.5. The van der Waals surface area contributed by atoms with E-state index >= 15 is 0 Å². The van der Waals surface area contributed by atoms with Gasteiger partial charge in [-0.05, 0) is 99.3 Å². The van der Waals surface area contributed by atoms with E-state index in [1.807, 2.05) is 68.4 Å². The van der Waals surface area contributed by atoms with Crippen LogP contribution in [0.15, 0.2) is 24.3 Å². The smallest absolute Gasteiger partial charge is 0.296 e. The van der Waals surface area contributed by atoms with E-state index in [-0.39, 0.29) is 5.56 Å². The maximum Gasteiger partial charge on any atom is 0.372 e. The third-order valence-corrected chi connectivity index (χ3v) is 4.76. The molecule has 0 saturated heterocycles. The van der Waals surface area contributed by atoms with Crippen molar-refractivity contribution in [2.75, 3.05) is 0 Å². The second-order valence-electron chi connectivity index (χ2n) is 11.8. The predicted octanol–water partition coefficient (Wildman–Crippen LogP) is 7.48. The molecule has 0 fully saturated rings. The van der Waals surface area contributed by atoms with Crippen molar-refractivity contribution in [3.63, 3.8) is 0 Å². The van der Waals surface area contributed by atoms with Crippen LogP contribution in [0.1, 0.15) is 117 Å². The van der Waals surface area contributed by atoms with E-state index in [1.54, 1.807) is 18.2 Å². The molecule has 1 rings (SSSR count). The van der Waals surface area contributed by atoms with Crippen molar-refractivity contribution < 1.29 is 34.5 Å². The summed E-state index contributed by atoms with van der Waals surface area (Å²) in [6.07, 6.45) is 10.0. The van der Waals surface area contributed by atoms with Gasteiger partial charge in [0.1, 0.15) is 5.60 Å². The lowest BCUT2D eigenvalue weighted by molar-refractivity contribution is -0.412. The molecule has 0 bridgehead atoms. The molecule has 0 saturated carbocycles. The van der Waals surface area contributed by atoms with Gasteiger partial charge in [0.25, 0.3) is 0 Å². The van der Waals surface area contributed by atoms with Gasteiger partial charge in [-0.2, -0.15) is 5.26 Å². The maximum absolute atomic E-state index is 11.6. The van der Waals surface area contributed by atoms with Gasteiger partial charge in [-0.1, -0.05) is 25.5 Å². The highest BCUT2D eigenvalue weighted by atomic mass is 17.2. The van der Waals surface area contributed by atoms with E-state index in [1.165, 1.54) is 12.8 Å². The molecule has 1 aromatic rings. The van der Waals surface area contributed by atoms with Crippen LogP contribution >= 0.6 is 0 Å². The minimum Gasteiger partial charge on any atom is -0.296 e. The van der Waals surface area contributed by atoms with Gasteiger partial charge in [0.15, 0.2) is 0 Å². The Morgan fingerprint density at radius 2 is 1.50 bits per heavy atom. The van der Waals surface area contributed by atoms with Crippen LogP contribution in [0.5, 0.6) is 0 Å². The first-order valence-electron chi connectivity index (χ1n) is 12.6. The number of hydrogen-bond donors (Lipinski definition) is 1. The molecule has 1 N–H and O–H groups in total. The molecule has 206 valence electrons. The Morgan fingerprint density at radius 1 is 0.917 bits per heavy atom. The maximum atomic E-state index is 11.6. The van der Waals surface area contributed by atoms with Crippen molar-refractivity contribution in [1.82, 2.24) is 0 Å². The topological polar surface area (TPSA) is 83.5 Å². The number of hydrogen-bond acceptors (Lipinski definition) is 7. The van der Waals surface area contributed by atoms with Crippen molar-refractivity contribution >= 4 is 5.97 Å². The number of rotatable bonds is 12. The van der Waals surface area contributed by atoms with Crippen LogP contribution in [-0.2, 0) is 30.9 Å². The van der Waals surface area contributed by atoms with Crippen molar-refractivity contribution in [2.45, 2.75) is 130 Å². The third-order valence-electron chi connectivity index (χ3n) is 4.76. The Labute approximate surface area is 218 Å². The molecule has 0 aliphatic heterocycles. The minimum atomic E-state index is -0.806. The number of terminal acetylenes is 1. The minimum absolute atomic E-state index is 0.260. The van der Waals surface area contributed by atoms with Crippen LogP contribution in [0.25, 0.3) is 0 Å². The molecule has 0 spiro atoms. The number of benzene rings is 1. The van der Waals surface area contributed by atoms with Crippen molar-refractivity contribution in [3.8, 4) is 12.3 Å². The lowest BCUT2D eigenvalue weighted by Gasteiger charge is -2.35. The fourth-order valence-electron chi connectivity index (χ4n) is 2.80. The molecule has 0 aliphatic rings. The summed E-state index contributed by atoms with van der Waals surface area (Å²) in [7, 11) is 0. The number of carbonyl (C=O) groups excluding carboxylic acids is 1. The van der Waals surface area contributed by atoms with Crippen molar-refractivity contribution in [1.29, 1.82) is 0 Å². The first-order chi connectivity index (χ1) is 16.5. The second kappa shape index (κ2) is 15.3. The highest BCUT2D eigenvalue weighted by molar-refractivity contribution is 5.89. The summed E-state index contributed by atoms with van der Waals surface area (Å²) in [6.45, 7) is 19.5. The van der Waals surface area contributed by atoms with E-state index in [0.717, 1.165) is 12.0 Å². The average molecular weight is 509 g/mol. The molecule has 0 aromatic heterocycles.